The molecule has 1 N–H and O–H groups in total. The van der Waals surface area contributed by atoms with Crippen molar-refractivity contribution in [3.63, 3.8) is 0 Å². The first-order chi connectivity index (χ1) is 9.41. The van der Waals surface area contributed by atoms with E-state index in [4.69, 9.17) is 4.74 Å². The largest absolute Gasteiger partial charge is 0.383 e. The van der Waals surface area contributed by atoms with Crippen LogP contribution in [-0.2, 0) is 4.74 Å². The Morgan fingerprint density at radius 2 is 1.95 bits per heavy atom. The average molecular weight is 285 g/mol. The van der Waals surface area contributed by atoms with E-state index in [1.807, 2.05) is 7.11 Å². The van der Waals surface area contributed by atoms with Crippen LogP contribution in [0, 0.1) is 0 Å². The lowest BCUT2D eigenvalue weighted by Gasteiger charge is -2.32. The number of nitrogens with zero attached hydrogens (tertiary/aromatic N) is 2. The van der Waals surface area contributed by atoms with Crippen molar-refractivity contribution in [3.05, 3.63) is 0 Å². The van der Waals surface area contributed by atoms with Gasteiger partial charge in [0.05, 0.1) is 6.61 Å². The summed E-state index contributed by atoms with van der Waals surface area (Å²) in [6.45, 7) is 17.7. The van der Waals surface area contributed by atoms with Crippen molar-refractivity contribution in [3.8, 4) is 0 Å². The van der Waals surface area contributed by atoms with E-state index in [1.165, 1.54) is 19.5 Å². The van der Waals surface area contributed by atoms with E-state index in [0.717, 1.165) is 32.3 Å². The lowest BCUT2D eigenvalue weighted by molar-refractivity contribution is 0.0935. The second kappa shape index (κ2) is 8.32. The Bertz CT molecular complexity index is 261. The second-order valence-electron chi connectivity index (χ2n) is 6.90. The van der Waals surface area contributed by atoms with Gasteiger partial charge in [-0.05, 0) is 40.3 Å². The van der Waals surface area contributed by atoms with Gasteiger partial charge in [-0.3, -0.25) is 9.80 Å². The zero-order valence-electron chi connectivity index (χ0n) is 14.4. The maximum absolute atomic E-state index is 5.43. The molecular weight excluding hydrogens is 250 g/mol. The molecule has 0 bridgehead atoms. The zero-order valence-corrected chi connectivity index (χ0v) is 14.4. The highest BCUT2D eigenvalue weighted by atomic mass is 16.5. The van der Waals surface area contributed by atoms with Crippen LogP contribution in [0.4, 0.5) is 0 Å². The molecular formula is C16H35N3O. The molecule has 4 heteroatoms. The van der Waals surface area contributed by atoms with Crippen LogP contribution in [0.1, 0.15) is 41.0 Å². The van der Waals surface area contributed by atoms with Crippen LogP contribution >= 0.6 is 0 Å². The summed E-state index contributed by atoms with van der Waals surface area (Å²) in [6, 6.07) is 1.21. The van der Waals surface area contributed by atoms with Gasteiger partial charge in [-0.2, -0.15) is 0 Å². The number of likely N-dealkylation sites (N-methyl/N-ethyl adjacent to an activating group) is 1. The van der Waals surface area contributed by atoms with Crippen molar-refractivity contribution in [1.29, 1.82) is 0 Å². The molecule has 0 radical (unpaired) electrons. The third-order valence-corrected chi connectivity index (χ3v) is 4.27. The second-order valence-corrected chi connectivity index (χ2v) is 6.90. The standard InChI is InChI=1S/C16H35N3O/c1-7-18(8-2)14-9-10-19(12-14)15(13-20-6)11-17-16(3,4)5/h14-15,17H,7-13H2,1-6H3. The summed E-state index contributed by atoms with van der Waals surface area (Å²) in [5.74, 6) is 0. The molecule has 0 aromatic heterocycles. The van der Waals surface area contributed by atoms with E-state index in [1.54, 1.807) is 0 Å². The average Bonchev–Trinajstić information content (AvgIpc) is 2.84. The van der Waals surface area contributed by atoms with Gasteiger partial charge in [0.2, 0.25) is 0 Å². The highest BCUT2D eigenvalue weighted by Crippen LogP contribution is 2.18. The zero-order chi connectivity index (χ0) is 15.2. The lowest BCUT2D eigenvalue weighted by atomic mass is 10.1. The molecule has 1 fully saturated rings. The molecule has 120 valence electrons. The molecule has 1 rings (SSSR count). The smallest absolute Gasteiger partial charge is 0.0630 e. The Kier molecular flexibility index (Phi) is 7.45. The molecule has 0 spiro atoms. The van der Waals surface area contributed by atoms with Crippen LogP contribution < -0.4 is 5.32 Å². The molecule has 20 heavy (non-hydrogen) atoms. The fraction of sp³-hybridized carbons (Fsp3) is 1.00. The summed E-state index contributed by atoms with van der Waals surface area (Å²) >= 11 is 0. The minimum atomic E-state index is 0.171. The van der Waals surface area contributed by atoms with Crippen LogP contribution in [-0.4, -0.2) is 73.9 Å². The summed E-state index contributed by atoms with van der Waals surface area (Å²) in [7, 11) is 1.81. The van der Waals surface area contributed by atoms with Gasteiger partial charge in [0.15, 0.2) is 0 Å². The van der Waals surface area contributed by atoms with Crippen LogP contribution in [0.5, 0.6) is 0 Å². The number of hydrogen-bond acceptors (Lipinski definition) is 4. The third-order valence-electron chi connectivity index (χ3n) is 4.27. The quantitative estimate of drug-likeness (QED) is 0.736. The number of nitrogens with one attached hydrogen (secondary N) is 1. The van der Waals surface area contributed by atoms with Crippen LogP contribution in [0.3, 0.4) is 0 Å². The Balaban J connectivity index is 2.52. The molecule has 0 aromatic carbocycles. The predicted molar refractivity (Wildman–Crippen MR) is 86.3 cm³/mol. The number of methoxy groups -OCH3 is 1. The van der Waals surface area contributed by atoms with E-state index < -0.39 is 0 Å². The summed E-state index contributed by atoms with van der Waals surface area (Å²) in [6.07, 6.45) is 1.29. The van der Waals surface area contributed by atoms with Crippen LogP contribution in [0.25, 0.3) is 0 Å². The molecule has 1 aliphatic rings. The molecule has 1 aliphatic heterocycles. The topological polar surface area (TPSA) is 27.7 Å². The van der Waals surface area contributed by atoms with E-state index >= 15 is 0 Å². The molecule has 0 aliphatic carbocycles. The molecule has 0 saturated carbocycles. The van der Waals surface area contributed by atoms with Crippen molar-refractivity contribution < 1.29 is 4.74 Å². The van der Waals surface area contributed by atoms with E-state index in [0.29, 0.717) is 6.04 Å². The Hall–Kier alpha value is -0.160. The molecule has 1 heterocycles. The first-order valence-corrected chi connectivity index (χ1v) is 8.13. The Morgan fingerprint density at radius 3 is 2.45 bits per heavy atom. The molecule has 0 aromatic rings. The third kappa shape index (κ3) is 5.68. The Morgan fingerprint density at radius 1 is 1.30 bits per heavy atom. The molecule has 0 amide bonds. The normalized spacial score (nSPS) is 22.6. The van der Waals surface area contributed by atoms with Crippen molar-refractivity contribution in [1.82, 2.24) is 15.1 Å². The van der Waals surface area contributed by atoms with Gasteiger partial charge >= 0.3 is 0 Å². The minimum Gasteiger partial charge on any atom is -0.383 e. The molecule has 1 saturated heterocycles. The first-order valence-electron chi connectivity index (χ1n) is 8.13. The molecule has 4 nitrogen and oxygen atoms in total. The van der Waals surface area contributed by atoms with Crippen molar-refractivity contribution in [2.75, 3.05) is 46.4 Å². The molecule has 2 atom stereocenters. The van der Waals surface area contributed by atoms with Gasteiger partial charge in [-0.25, -0.2) is 0 Å². The van der Waals surface area contributed by atoms with Crippen molar-refractivity contribution in [2.24, 2.45) is 0 Å². The monoisotopic (exact) mass is 285 g/mol. The number of hydrogen-bond donors (Lipinski definition) is 1. The fourth-order valence-electron chi connectivity index (χ4n) is 3.05. The van der Waals surface area contributed by atoms with Gasteiger partial charge in [-0.15, -0.1) is 0 Å². The highest BCUT2D eigenvalue weighted by Gasteiger charge is 2.31. The van der Waals surface area contributed by atoms with Gasteiger partial charge in [0.25, 0.3) is 0 Å². The maximum Gasteiger partial charge on any atom is 0.0630 e. The fourth-order valence-corrected chi connectivity index (χ4v) is 3.05. The minimum absolute atomic E-state index is 0.171. The van der Waals surface area contributed by atoms with Crippen molar-refractivity contribution in [2.45, 2.75) is 58.7 Å². The maximum atomic E-state index is 5.43. The summed E-state index contributed by atoms with van der Waals surface area (Å²) in [5.41, 5.74) is 0.171. The van der Waals surface area contributed by atoms with Gasteiger partial charge in [0.1, 0.15) is 0 Å². The summed E-state index contributed by atoms with van der Waals surface area (Å²) in [4.78, 5) is 5.19. The van der Waals surface area contributed by atoms with Gasteiger partial charge in [-0.1, -0.05) is 13.8 Å². The van der Waals surface area contributed by atoms with E-state index in [9.17, 15) is 0 Å². The van der Waals surface area contributed by atoms with Crippen LogP contribution in [0.2, 0.25) is 0 Å². The summed E-state index contributed by atoms with van der Waals surface area (Å²) in [5, 5.41) is 3.62. The highest BCUT2D eigenvalue weighted by molar-refractivity contribution is 4.88. The number of rotatable bonds is 8. The van der Waals surface area contributed by atoms with E-state index in [2.05, 4.69) is 49.7 Å². The Labute approximate surface area is 125 Å². The SMILES string of the molecule is CCN(CC)C1CCN(C(CNC(C)(C)C)COC)C1. The van der Waals surface area contributed by atoms with Gasteiger partial charge in [0, 0.05) is 44.4 Å². The predicted octanol–water partition coefficient (Wildman–Crippen LogP) is 1.81. The van der Waals surface area contributed by atoms with Crippen molar-refractivity contribution >= 4 is 0 Å². The van der Waals surface area contributed by atoms with E-state index in [-0.39, 0.29) is 5.54 Å². The lowest BCUT2D eigenvalue weighted by Crippen LogP contribution is -2.49. The molecule has 2 unspecified atom stereocenters. The van der Waals surface area contributed by atoms with Gasteiger partial charge < -0.3 is 10.1 Å². The van der Waals surface area contributed by atoms with Crippen LogP contribution in [0.15, 0.2) is 0 Å². The summed E-state index contributed by atoms with van der Waals surface area (Å²) < 4.78 is 5.43. The number of ether oxygens (including phenoxy) is 1. The number of likely N-dealkylation sites (tertiary alicyclic amines) is 1. The first kappa shape index (κ1) is 17.9.